The lowest BCUT2D eigenvalue weighted by Crippen LogP contribution is -2.35. The molecule has 1 aliphatic rings. The van der Waals surface area contributed by atoms with Crippen molar-refractivity contribution < 1.29 is 0 Å². The van der Waals surface area contributed by atoms with Crippen LogP contribution in [0.1, 0.15) is 45.0 Å². The third-order valence-corrected chi connectivity index (χ3v) is 6.83. The first-order chi connectivity index (χ1) is 12.7. The van der Waals surface area contributed by atoms with Crippen molar-refractivity contribution in [3.63, 3.8) is 0 Å². The first kappa shape index (κ1) is 17.8. The molecule has 0 bridgehead atoms. The maximum Gasteiger partial charge on any atom is 0.0702 e. The third kappa shape index (κ3) is 3.34. The Hall–Kier alpha value is -1.61. The first-order valence-corrected chi connectivity index (χ1v) is 10.5. The Labute approximate surface area is 165 Å². The summed E-state index contributed by atoms with van der Waals surface area (Å²) in [5.74, 6) is 0. The number of halogens is 1. The van der Waals surface area contributed by atoms with Crippen molar-refractivity contribution >= 4 is 22.9 Å². The molecule has 1 nitrogen and oxygen atoms in total. The molecule has 0 saturated carbocycles. The average Bonchev–Trinajstić information content (AvgIpc) is 2.97. The second-order valence-corrected chi connectivity index (χ2v) is 8.69. The van der Waals surface area contributed by atoms with Gasteiger partial charge in [-0.2, -0.15) is 0 Å². The number of rotatable bonds is 4. The van der Waals surface area contributed by atoms with Gasteiger partial charge < -0.3 is 0 Å². The minimum atomic E-state index is 0.336. The van der Waals surface area contributed by atoms with Crippen LogP contribution in [0.4, 0.5) is 0 Å². The summed E-state index contributed by atoms with van der Waals surface area (Å²) in [7, 11) is 0. The summed E-state index contributed by atoms with van der Waals surface area (Å²) in [6, 6.07) is 19.6. The molecule has 0 spiro atoms. The summed E-state index contributed by atoms with van der Waals surface area (Å²) in [5, 5.41) is 0.816. The van der Waals surface area contributed by atoms with E-state index in [2.05, 4.69) is 67.3 Å². The van der Waals surface area contributed by atoms with E-state index in [-0.39, 0.29) is 0 Å². The Bertz CT molecular complexity index is 900. The Morgan fingerprint density at radius 3 is 2.65 bits per heavy atom. The molecule has 3 aromatic rings. The minimum Gasteiger partial charge on any atom is -0.287 e. The Balaban J connectivity index is 1.76. The normalized spacial score (nSPS) is 17.3. The molecule has 4 rings (SSSR count). The highest BCUT2D eigenvalue weighted by atomic mass is 35.5. The lowest BCUT2D eigenvalue weighted by molar-refractivity contribution is 0.207. The number of thiophene rings is 1. The van der Waals surface area contributed by atoms with Crippen LogP contribution in [-0.4, -0.2) is 11.4 Å². The van der Waals surface area contributed by atoms with E-state index in [9.17, 15) is 0 Å². The van der Waals surface area contributed by atoms with Gasteiger partial charge in [0.1, 0.15) is 0 Å². The zero-order valence-corrected chi connectivity index (χ0v) is 16.9. The summed E-state index contributed by atoms with van der Waals surface area (Å²) in [4.78, 5) is 5.64. The number of hydrogen-bond acceptors (Lipinski definition) is 2. The van der Waals surface area contributed by atoms with Crippen LogP contribution in [-0.2, 0) is 19.4 Å². The standard InChI is InChI=1S/C23H24ClNS/c1-3-20-16(2)26-23-21(20)12-13-25(15-17-8-7-11-19(24)14-17)22(23)18-9-5-4-6-10-18/h4-11,14,22H,3,12-13,15H2,1-2H3/t22-/m0/s1. The number of hydrogen-bond donors (Lipinski definition) is 0. The predicted octanol–water partition coefficient (Wildman–Crippen LogP) is 6.42. The number of benzene rings is 2. The van der Waals surface area contributed by atoms with Crippen molar-refractivity contribution in [1.82, 2.24) is 4.90 Å². The van der Waals surface area contributed by atoms with Gasteiger partial charge in [-0.05, 0) is 54.2 Å². The molecule has 3 heteroatoms. The molecular formula is C23H24ClNS. The molecule has 26 heavy (non-hydrogen) atoms. The van der Waals surface area contributed by atoms with Gasteiger partial charge in [0.25, 0.3) is 0 Å². The molecule has 134 valence electrons. The van der Waals surface area contributed by atoms with Crippen molar-refractivity contribution in [2.45, 2.75) is 39.3 Å². The van der Waals surface area contributed by atoms with Crippen LogP contribution in [0.2, 0.25) is 5.02 Å². The van der Waals surface area contributed by atoms with E-state index in [1.54, 1.807) is 16.0 Å². The SMILES string of the molecule is CCc1c(C)sc2c1CCN(Cc1cccc(Cl)c1)[C@H]2c1ccccc1. The number of nitrogens with zero attached hydrogens (tertiary/aromatic N) is 1. The highest BCUT2D eigenvalue weighted by molar-refractivity contribution is 7.12. The lowest BCUT2D eigenvalue weighted by Gasteiger charge is -2.36. The summed E-state index contributed by atoms with van der Waals surface area (Å²) in [6.45, 7) is 6.58. The fourth-order valence-corrected chi connectivity index (χ4v) is 5.87. The van der Waals surface area contributed by atoms with Crippen molar-refractivity contribution in [2.75, 3.05) is 6.54 Å². The smallest absolute Gasteiger partial charge is 0.0702 e. The van der Waals surface area contributed by atoms with Crippen LogP contribution >= 0.6 is 22.9 Å². The van der Waals surface area contributed by atoms with Gasteiger partial charge in [-0.1, -0.05) is 61.0 Å². The van der Waals surface area contributed by atoms with Crippen molar-refractivity contribution in [1.29, 1.82) is 0 Å². The van der Waals surface area contributed by atoms with E-state index in [4.69, 9.17) is 11.6 Å². The second-order valence-electron chi connectivity index (χ2n) is 7.00. The fraction of sp³-hybridized carbons (Fsp3) is 0.304. The van der Waals surface area contributed by atoms with Crippen molar-refractivity contribution in [3.05, 3.63) is 91.6 Å². The van der Waals surface area contributed by atoms with E-state index in [1.165, 1.54) is 16.0 Å². The van der Waals surface area contributed by atoms with Crippen LogP contribution in [0, 0.1) is 6.92 Å². The monoisotopic (exact) mass is 381 g/mol. The Morgan fingerprint density at radius 1 is 1.12 bits per heavy atom. The van der Waals surface area contributed by atoms with Crippen LogP contribution in [0.25, 0.3) is 0 Å². The third-order valence-electron chi connectivity index (χ3n) is 5.36. The summed E-state index contributed by atoms with van der Waals surface area (Å²) in [5.41, 5.74) is 5.85. The zero-order valence-electron chi connectivity index (χ0n) is 15.3. The molecule has 0 unspecified atom stereocenters. The van der Waals surface area contributed by atoms with Crippen LogP contribution in [0.15, 0.2) is 54.6 Å². The van der Waals surface area contributed by atoms with Gasteiger partial charge in [0.15, 0.2) is 0 Å². The van der Waals surface area contributed by atoms with Crippen LogP contribution < -0.4 is 0 Å². The van der Waals surface area contributed by atoms with Gasteiger partial charge in [0, 0.05) is 27.9 Å². The number of aryl methyl sites for hydroxylation is 1. The highest BCUT2D eigenvalue weighted by Crippen LogP contribution is 2.43. The van der Waals surface area contributed by atoms with Gasteiger partial charge in [0.2, 0.25) is 0 Å². The van der Waals surface area contributed by atoms with Gasteiger partial charge >= 0.3 is 0 Å². The van der Waals surface area contributed by atoms with Gasteiger partial charge in [-0.3, -0.25) is 4.90 Å². The molecule has 0 radical (unpaired) electrons. The predicted molar refractivity (Wildman–Crippen MR) is 112 cm³/mol. The van der Waals surface area contributed by atoms with Gasteiger partial charge in [-0.25, -0.2) is 0 Å². The molecule has 0 aliphatic carbocycles. The molecular weight excluding hydrogens is 358 g/mol. The number of fused-ring (bicyclic) bond motifs is 1. The molecule has 1 aromatic heterocycles. The molecule has 1 atom stereocenters. The topological polar surface area (TPSA) is 3.24 Å². The van der Waals surface area contributed by atoms with E-state index < -0.39 is 0 Å². The largest absolute Gasteiger partial charge is 0.287 e. The average molecular weight is 382 g/mol. The molecule has 2 aromatic carbocycles. The molecule has 0 N–H and O–H groups in total. The van der Waals surface area contributed by atoms with Gasteiger partial charge in [-0.15, -0.1) is 11.3 Å². The summed E-state index contributed by atoms with van der Waals surface area (Å²) < 4.78 is 0. The van der Waals surface area contributed by atoms with Crippen molar-refractivity contribution in [2.24, 2.45) is 0 Å². The fourth-order valence-electron chi connectivity index (χ4n) is 4.19. The molecule has 0 saturated heterocycles. The van der Waals surface area contributed by atoms with E-state index in [1.807, 2.05) is 17.4 Å². The maximum atomic E-state index is 6.22. The van der Waals surface area contributed by atoms with Gasteiger partial charge in [0.05, 0.1) is 6.04 Å². The van der Waals surface area contributed by atoms with Crippen molar-refractivity contribution in [3.8, 4) is 0 Å². The molecule has 0 fully saturated rings. The maximum absolute atomic E-state index is 6.22. The zero-order chi connectivity index (χ0) is 18.1. The summed E-state index contributed by atoms with van der Waals surface area (Å²) in [6.07, 6.45) is 2.28. The quantitative estimate of drug-likeness (QED) is 0.504. The van der Waals surface area contributed by atoms with E-state index in [0.717, 1.165) is 31.0 Å². The second kappa shape index (κ2) is 7.56. The molecule has 1 aliphatic heterocycles. The summed E-state index contributed by atoms with van der Waals surface area (Å²) >= 11 is 8.22. The molecule has 2 heterocycles. The Kier molecular flexibility index (Phi) is 5.17. The van der Waals surface area contributed by atoms with Crippen LogP contribution in [0.5, 0.6) is 0 Å². The van der Waals surface area contributed by atoms with E-state index in [0.29, 0.717) is 6.04 Å². The Morgan fingerprint density at radius 2 is 1.92 bits per heavy atom. The minimum absolute atomic E-state index is 0.336. The lowest BCUT2D eigenvalue weighted by atomic mass is 9.91. The van der Waals surface area contributed by atoms with E-state index >= 15 is 0 Å². The van der Waals surface area contributed by atoms with Crippen LogP contribution in [0.3, 0.4) is 0 Å². The molecule has 0 amide bonds. The first-order valence-electron chi connectivity index (χ1n) is 9.32. The highest BCUT2D eigenvalue weighted by Gasteiger charge is 2.32.